The van der Waals surface area contributed by atoms with Crippen LogP contribution in [0.5, 0.6) is 0 Å². The molecule has 178 valence electrons. The van der Waals surface area contributed by atoms with E-state index in [-0.39, 0.29) is 0 Å². The number of fused-ring (bicyclic) bond motifs is 3. The number of hydrogen-bond donors (Lipinski definition) is 1. The molecule has 2 aromatic heterocycles. The Balaban J connectivity index is 1.60. The van der Waals surface area contributed by atoms with Crippen molar-refractivity contribution in [2.24, 2.45) is 10.9 Å². The fourth-order valence-corrected chi connectivity index (χ4v) is 5.51. The Hall–Kier alpha value is -3.24. The lowest BCUT2D eigenvalue weighted by Crippen LogP contribution is -2.01. The van der Waals surface area contributed by atoms with Crippen molar-refractivity contribution in [1.82, 2.24) is 9.97 Å². The topological polar surface area (TPSA) is 41.0 Å². The van der Waals surface area contributed by atoms with Crippen LogP contribution in [-0.4, -0.2) is 15.7 Å². The van der Waals surface area contributed by atoms with E-state index in [4.69, 9.17) is 4.99 Å². The van der Waals surface area contributed by atoms with Crippen LogP contribution in [0.3, 0.4) is 0 Å². The van der Waals surface area contributed by atoms with Crippen LogP contribution in [0.4, 0.5) is 5.69 Å². The van der Waals surface area contributed by atoms with E-state index in [2.05, 4.69) is 105 Å². The van der Waals surface area contributed by atoms with E-state index in [1.165, 1.54) is 43.3 Å². The summed E-state index contributed by atoms with van der Waals surface area (Å²) >= 11 is 1.81. The first-order chi connectivity index (χ1) is 16.9. The lowest BCUT2D eigenvalue weighted by atomic mass is 9.94. The molecular formula is C31H33N3S. The monoisotopic (exact) mass is 479 g/mol. The van der Waals surface area contributed by atoms with Crippen LogP contribution in [0.25, 0.3) is 43.2 Å². The molecule has 0 fully saturated rings. The Labute approximate surface area is 212 Å². The van der Waals surface area contributed by atoms with Gasteiger partial charge in [-0.1, -0.05) is 71.0 Å². The number of aryl methyl sites for hydroxylation is 1. The largest absolute Gasteiger partial charge is 0.342 e. The van der Waals surface area contributed by atoms with Crippen LogP contribution < -0.4 is 0 Å². The Kier molecular flexibility index (Phi) is 6.33. The van der Waals surface area contributed by atoms with Gasteiger partial charge in [0.15, 0.2) is 0 Å². The van der Waals surface area contributed by atoms with E-state index in [1.54, 1.807) is 0 Å². The van der Waals surface area contributed by atoms with Crippen LogP contribution in [0.1, 0.15) is 58.8 Å². The van der Waals surface area contributed by atoms with Gasteiger partial charge in [0.05, 0.1) is 17.6 Å². The number of hydrogen-bond acceptors (Lipinski definition) is 3. The number of rotatable bonds is 6. The van der Waals surface area contributed by atoms with Gasteiger partial charge in [0.2, 0.25) is 0 Å². The molecule has 4 heteroatoms. The lowest BCUT2D eigenvalue weighted by molar-refractivity contribution is 0.795. The molecule has 0 radical (unpaired) electrons. The summed E-state index contributed by atoms with van der Waals surface area (Å²) < 4.78 is 1.32. The smallest absolute Gasteiger partial charge is 0.109 e. The first-order valence-electron chi connectivity index (χ1n) is 12.5. The van der Waals surface area contributed by atoms with Gasteiger partial charge in [0.1, 0.15) is 5.82 Å². The van der Waals surface area contributed by atoms with Crippen LogP contribution in [0.2, 0.25) is 0 Å². The van der Waals surface area contributed by atoms with Crippen LogP contribution in [0.15, 0.2) is 65.1 Å². The zero-order valence-electron chi connectivity index (χ0n) is 21.4. The quantitative estimate of drug-likeness (QED) is 0.242. The molecule has 0 aliphatic heterocycles. The number of H-pyrrole nitrogens is 1. The predicted molar refractivity (Wildman–Crippen MR) is 153 cm³/mol. The van der Waals surface area contributed by atoms with Gasteiger partial charge in [-0.2, -0.15) is 0 Å². The molecule has 0 saturated heterocycles. The zero-order valence-corrected chi connectivity index (χ0v) is 22.3. The van der Waals surface area contributed by atoms with Gasteiger partial charge in [0.25, 0.3) is 0 Å². The summed E-state index contributed by atoms with van der Waals surface area (Å²) in [5.41, 5.74) is 8.36. The highest BCUT2D eigenvalue weighted by Gasteiger charge is 2.16. The standard InChI is InChI=1S/C31H33N3S/c1-7-24-25-13-12-23(21-8-10-22(11-9-21)28-17-32-31(34-28)19(4)5)16-27(25)30-26(14-15-35-30)29(24)33-20(6)18(2)3/h8-19H,7H2,1-6H3,(H,32,34)/b33-20+. The first kappa shape index (κ1) is 23.5. The van der Waals surface area contributed by atoms with Gasteiger partial charge < -0.3 is 4.98 Å². The van der Waals surface area contributed by atoms with Gasteiger partial charge in [-0.05, 0) is 64.4 Å². The molecule has 0 amide bonds. The minimum atomic E-state index is 0.392. The van der Waals surface area contributed by atoms with Crippen molar-refractivity contribution < 1.29 is 0 Å². The molecule has 5 aromatic rings. The average molecular weight is 480 g/mol. The maximum Gasteiger partial charge on any atom is 0.109 e. The van der Waals surface area contributed by atoms with Crippen molar-refractivity contribution in [2.75, 3.05) is 0 Å². The molecule has 0 unspecified atom stereocenters. The number of imidazole rings is 1. The van der Waals surface area contributed by atoms with E-state index in [0.717, 1.165) is 29.2 Å². The second kappa shape index (κ2) is 9.43. The summed E-state index contributed by atoms with van der Waals surface area (Å²) in [6, 6.07) is 17.9. The lowest BCUT2D eigenvalue weighted by Gasteiger charge is -2.14. The molecule has 0 aliphatic carbocycles. The third-order valence-corrected chi connectivity index (χ3v) is 7.89. The van der Waals surface area contributed by atoms with Crippen LogP contribution in [0, 0.1) is 5.92 Å². The van der Waals surface area contributed by atoms with E-state index in [9.17, 15) is 0 Å². The fourth-order valence-electron chi connectivity index (χ4n) is 4.58. The van der Waals surface area contributed by atoms with Crippen molar-refractivity contribution in [2.45, 2.75) is 53.9 Å². The van der Waals surface area contributed by atoms with Gasteiger partial charge in [0, 0.05) is 27.1 Å². The van der Waals surface area contributed by atoms with E-state index < -0.39 is 0 Å². The second-order valence-electron chi connectivity index (χ2n) is 9.93. The first-order valence-corrected chi connectivity index (χ1v) is 13.4. The fraction of sp³-hybridized carbons (Fsp3) is 0.290. The number of aromatic amines is 1. The molecule has 2 heterocycles. The Morgan fingerprint density at radius 2 is 1.63 bits per heavy atom. The summed E-state index contributed by atoms with van der Waals surface area (Å²) in [4.78, 5) is 13.1. The van der Waals surface area contributed by atoms with Gasteiger partial charge in [-0.15, -0.1) is 11.3 Å². The number of nitrogens with zero attached hydrogens (tertiary/aromatic N) is 2. The minimum Gasteiger partial charge on any atom is -0.342 e. The second-order valence-corrected chi connectivity index (χ2v) is 10.8. The van der Waals surface area contributed by atoms with Crippen molar-refractivity contribution >= 4 is 43.6 Å². The third kappa shape index (κ3) is 4.32. The number of thiophene rings is 1. The predicted octanol–water partition coefficient (Wildman–Crippen LogP) is 9.55. The van der Waals surface area contributed by atoms with Gasteiger partial charge in [-0.25, -0.2) is 4.98 Å². The summed E-state index contributed by atoms with van der Waals surface area (Å²) in [7, 11) is 0. The van der Waals surface area contributed by atoms with Crippen LogP contribution in [-0.2, 0) is 6.42 Å². The van der Waals surface area contributed by atoms with Gasteiger partial charge in [-0.3, -0.25) is 4.99 Å². The maximum atomic E-state index is 5.13. The van der Waals surface area contributed by atoms with Crippen LogP contribution >= 0.6 is 11.3 Å². The van der Waals surface area contributed by atoms with Crippen molar-refractivity contribution in [3.8, 4) is 22.4 Å². The van der Waals surface area contributed by atoms with Gasteiger partial charge >= 0.3 is 0 Å². The summed E-state index contributed by atoms with van der Waals surface area (Å²) in [6.07, 6.45) is 2.89. The minimum absolute atomic E-state index is 0.392. The van der Waals surface area contributed by atoms with Crippen molar-refractivity contribution in [3.63, 3.8) is 0 Å². The molecule has 0 bridgehead atoms. The molecule has 3 aromatic carbocycles. The number of benzene rings is 3. The molecular weight excluding hydrogens is 446 g/mol. The third-order valence-electron chi connectivity index (χ3n) is 6.94. The normalized spacial score (nSPS) is 12.5. The molecule has 1 N–H and O–H groups in total. The summed E-state index contributed by atoms with van der Waals surface area (Å²) in [5.74, 6) is 1.86. The molecule has 0 aliphatic rings. The summed E-state index contributed by atoms with van der Waals surface area (Å²) in [5, 5.41) is 6.11. The zero-order chi connectivity index (χ0) is 24.7. The molecule has 3 nitrogen and oxygen atoms in total. The van der Waals surface area contributed by atoms with Crippen molar-refractivity contribution in [3.05, 3.63) is 71.5 Å². The van der Waals surface area contributed by atoms with E-state index in [1.807, 2.05) is 17.5 Å². The highest BCUT2D eigenvalue weighted by atomic mass is 32.1. The average Bonchev–Trinajstić information content (AvgIpc) is 3.54. The molecule has 0 atom stereocenters. The highest BCUT2D eigenvalue weighted by Crippen LogP contribution is 2.43. The summed E-state index contributed by atoms with van der Waals surface area (Å²) in [6.45, 7) is 13.1. The Morgan fingerprint density at radius 1 is 0.914 bits per heavy atom. The Morgan fingerprint density at radius 3 is 2.29 bits per heavy atom. The van der Waals surface area contributed by atoms with E-state index in [0.29, 0.717) is 11.8 Å². The molecule has 0 spiro atoms. The highest BCUT2D eigenvalue weighted by molar-refractivity contribution is 7.18. The molecule has 0 saturated carbocycles. The molecule has 5 rings (SSSR count). The Bertz CT molecular complexity index is 1530. The molecule has 35 heavy (non-hydrogen) atoms. The van der Waals surface area contributed by atoms with E-state index >= 15 is 0 Å². The van der Waals surface area contributed by atoms with Crippen molar-refractivity contribution in [1.29, 1.82) is 0 Å². The maximum absolute atomic E-state index is 5.13. The number of nitrogens with one attached hydrogen (secondary N) is 1. The number of aromatic nitrogens is 2. The SMILES string of the molecule is CCc1c(/N=C(\C)C(C)C)c2ccsc2c2cc(-c3ccc(-c4cnc(C(C)C)[nH]4)cc3)ccc12. The number of aliphatic imine (C=N–C) groups is 1.